The van der Waals surface area contributed by atoms with Crippen LogP contribution < -0.4 is 19.5 Å². The Morgan fingerprint density at radius 3 is 2.92 bits per heavy atom. The number of ether oxygens (including phenoxy) is 3. The average Bonchev–Trinajstić information content (AvgIpc) is 2.62. The molecule has 1 N–H and O–H groups in total. The molecular formula is C18H20N2O4. The maximum Gasteiger partial charge on any atom is 0.256 e. The van der Waals surface area contributed by atoms with Crippen LogP contribution in [0.25, 0.3) is 0 Å². The highest BCUT2D eigenvalue weighted by molar-refractivity contribution is 5.96. The summed E-state index contributed by atoms with van der Waals surface area (Å²) in [5.41, 5.74) is 1.53. The Hall–Kier alpha value is -2.76. The van der Waals surface area contributed by atoms with Crippen LogP contribution in [0.5, 0.6) is 17.4 Å². The molecule has 0 atom stereocenters. The summed E-state index contributed by atoms with van der Waals surface area (Å²) in [6, 6.07) is 9.27. The number of hydrogen-bond donors (Lipinski definition) is 1. The Bertz CT molecular complexity index is 718. The maximum absolute atomic E-state index is 12.3. The van der Waals surface area contributed by atoms with Gasteiger partial charge in [-0.1, -0.05) is 6.07 Å². The summed E-state index contributed by atoms with van der Waals surface area (Å²) in [4.78, 5) is 16.4. The maximum atomic E-state index is 12.3. The van der Waals surface area contributed by atoms with E-state index >= 15 is 0 Å². The highest BCUT2D eigenvalue weighted by Gasteiger charge is 2.14. The van der Waals surface area contributed by atoms with Crippen molar-refractivity contribution in [2.24, 2.45) is 0 Å². The van der Waals surface area contributed by atoms with Gasteiger partial charge in [0.2, 0.25) is 5.88 Å². The predicted molar refractivity (Wildman–Crippen MR) is 88.9 cm³/mol. The fourth-order valence-corrected chi connectivity index (χ4v) is 2.47. The zero-order valence-corrected chi connectivity index (χ0v) is 13.6. The number of pyridine rings is 1. The highest BCUT2D eigenvalue weighted by atomic mass is 16.6. The standard InChI is InChI=1S/C18H20N2O4/c1-2-22-18-14(4-3-8-20-18)17(21)19-9-7-13-5-6-15-16(12-13)24-11-10-23-15/h3-6,8,12H,2,7,9-11H2,1H3,(H,19,21). The second-order valence-corrected chi connectivity index (χ2v) is 5.27. The van der Waals surface area contributed by atoms with Crippen molar-refractivity contribution in [2.75, 3.05) is 26.4 Å². The summed E-state index contributed by atoms with van der Waals surface area (Å²) in [7, 11) is 0. The van der Waals surface area contributed by atoms with Crippen LogP contribution in [0, 0.1) is 0 Å². The molecule has 0 aliphatic carbocycles. The van der Waals surface area contributed by atoms with Gasteiger partial charge in [0, 0.05) is 12.7 Å². The topological polar surface area (TPSA) is 69.7 Å². The van der Waals surface area contributed by atoms with E-state index in [1.165, 1.54) is 0 Å². The summed E-state index contributed by atoms with van der Waals surface area (Å²) >= 11 is 0. The fraction of sp³-hybridized carbons (Fsp3) is 0.333. The van der Waals surface area contributed by atoms with E-state index in [9.17, 15) is 4.79 Å². The zero-order valence-electron chi connectivity index (χ0n) is 13.6. The normalized spacial score (nSPS) is 12.5. The predicted octanol–water partition coefficient (Wildman–Crippen LogP) is 2.22. The van der Waals surface area contributed by atoms with Gasteiger partial charge in [0.1, 0.15) is 18.8 Å². The summed E-state index contributed by atoms with van der Waals surface area (Å²) in [5, 5.41) is 2.90. The first-order valence-corrected chi connectivity index (χ1v) is 8.02. The van der Waals surface area contributed by atoms with Crippen molar-refractivity contribution in [3.05, 3.63) is 47.7 Å². The van der Waals surface area contributed by atoms with Crippen molar-refractivity contribution in [1.82, 2.24) is 10.3 Å². The minimum atomic E-state index is -0.191. The van der Waals surface area contributed by atoms with Crippen molar-refractivity contribution in [3.63, 3.8) is 0 Å². The number of benzene rings is 1. The van der Waals surface area contributed by atoms with E-state index in [1.54, 1.807) is 18.3 Å². The first-order chi connectivity index (χ1) is 11.8. The van der Waals surface area contributed by atoms with Gasteiger partial charge in [-0.2, -0.15) is 0 Å². The number of nitrogens with one attached hydrogen (secondary N) is 1. The van der Waals surface area contributed by atoms with Gasteiger partial charge in [-0.25, -0.2) is 4.98 Å². The molecule has 6 heteroatoms. The molecule has 2 heterocycles. The molecule has 0 saturated heterocycles. The molecule has 6 nitrogen and oxygen atoms in total. The second-order valence-electron chi connectivity index (χ2n) is 5.27. The summed E-state index contributed by atoms with van der Waals surface area (Å²) < 4.78 is 16.4. The lowest BCUT2D eigenvalue weighted by Gasteiger charge is -2.18. The number of carbonyl (C=O) groups is 1. The highest BCUT2D eigenvalue weighted by Crippen LogP contribution is 2.30. The molecule has 1 aliphatic rings. The fourth-order valence-electron chi connectivity index (χ4n) is 2.47. The van der Waals surface area contributed by atoms with Crippen LogP contribution in [0.4, 0.5) is 0 Å². The molecule has 1 aromatic heterocycles. The Balaban J connectivity index is 1.57. The van der Waals surface area contributed by atoms with E-state index in [0.717, 1.165) is 17.1 Å². The lowest BCUT2D eigenvalue weighted by atomic mass is 10.1. The first-order valence-electron chi connectivity index (χ1n) is 8.02. The number of carbonyl (C=O) groups excluding carboxylic acids is 1. The van der Waals surface area contributed by atoms with Gasteiger partial charge in [0.15, 0.2) is 11.5 Å². The van der Waals surface area contributed by atoms with Crippen LogP contribution in [0.2, 0.25) is 0 Å². The molecule has 2 aromatic rings. The number of amides is 1. The monoisotopic (exact) mass is 328 g/mol. The van der Waals surface area contributed by atoms with E-state index in [0.29, 0.717) is 44.2 Å². The van der Waals surface area contributed by atoms with Crippen molar-refractivity contribution < 1.29 is 19.0 Å². The lowest BCUT2D eigenvalue weighted by molar-refractivity contribution is 0.0949. The molecule has 1 amide bonds. The van der Waals surface area contributed by atoms with Gasteiger partial charge in [0.05, 0.1) is 6.61 Å². The zero-order chi connectivity index (χ0) is 16.8. The minimum Gasteiger partial charge on any atom is -0.486 e. The lowest BCUT2D eigenvalue weighted by Crippen LogP contribution is -2.26. The van der Waals surface area contributed by atoms with Gasteiger partial charge in [-0.05, 0) is 43.2 Å². The number of fused-ring (bicyclic) bond motifs is 1. The third-order valence-electron chi connectivity index (χ3n) is 3.60. The Kier molecular flexibility index (Phi) is 5.15. The largest absolute Gasteiger partial charge is 0.486 e. The van der Waals surface area contributed by atoms with Gasteiger partial charge >= 0.3 is 0 Å². The van der Waals surface area contributed by atoms with Gasteiger partial charge < -0.3 is 19.5 Å². The van der Waals surface area contributed by atoms with E-state index < -0.39 is 0 Å². The van der Waals surface area contributed by atoms with E-state index in [1.807, 2.05) is 25.1 Å². The number of rotatable bonds is 6. The molecule has 126 valence electrons. The van der Waals surface area contributed by atoms with Crippen LogP contribution in [-0.2, 0) is 6.42 Å². The van der Waals surface area contributed by atoms with E-state index in [-0.39, 0.29) is 5.91 Å². The summed E-state index contributed by atoms with van der Waals surface area (Å²) in [6.07, 6.45) is 2.31. The smallest absolute Gasteiger partial charge is 0.256 e. The van der Waals surface area contributed by atoms with Crippen molar-refractivity contribution in [1.29, 1.82) is 0 Å². The quantitative estimate of drug-likeness (QED) is 0.880. The molecule has 0 bridgehead atoms. The van der Waals surface area contributed by atoms with Crippen molar-refractivity contribution >= 4 is 5.91 Å². The van der Waals surface area contributed by atoms with Crippen LogP contribution in [-0.4, -0.2) is 37.3 Å². The van der Waals surface area contributed by atoms with E-state index in [2.05, 4.69) is 10.3 Å². The Labute approximate surface area is 140 Å². The van der Waals surface area contributed by atoms with Crippen LogP contribution in [0.15, 0.2) is 36.5 Å². The van der Waals surface area contributed by atoms with Crippen LogP contribution in [0.3, 0.4) is 0 Å². The Morgan fingerprint density at radius 1 is 1.25 bits per heavy atom. The third-order valence-corrected chi connectivity index (χ3v) is 3.60. The third kappa shape index (κ3) is 3.76. The van der Waals surface area contributed by atoms with Crippen molar-refractivity contribution in [3.8, 4) is 17.4 Å². The van der Waals surface area contributed by atoms with Crippen LogP contribution >= 0.6 is 0 Å². The number of aromatic nitrogens is 1. The molecule has 3 rings (SSSR count). The van der Waals surface area contributed by atoms with Crippen LogP contribution in [0.1, 0.15) is 22.8 Å². The molecule has 0 saturated carbocycles. The molecule has 0 fully saturated rings. The van der Waals surface area contributed by atoms with Gasteiger partial charge in [0.25, 0.3) is 5.91 Å². The summed E-state index contributed by atoms with van der Waals surface area (Å²) in [6.45, 7) is 3.98. The van der Waals surface area contributed by atoms with Crippen molar-refractivity contribution in [2.45, 2.75) is 13.3 Å². The molecule has 1 aliphatic heterocycles. The second kappa shape index (κ2) is 7.68. The first kappa shape index (κ1) is 16.1. The average molecular weight is 328 g/mol. The number of nitrogens with zero attached hydrogens (tertiary/aromatic N) is 1. The molecule has 0 unspecified atom stereocenters. The van der Waals surface area contributed by atoms with Gasteiger partial charge in [-0.3, -0.25) is 4.79 Å². The van der Waals surface area contributed by atoms with Gasteiger partial charge in [-0.15, -0.1) is 0 Å². The molecule has 24 heavy (non-hydrogen) atoms. The molecule has 0 spiro atoms. The SMILES string of the molecule is CCOc1ncccc1C(=O)NCCc1ccc2c(c1)OCCO2. The minimum absolute atomic E-state index is 0.191. The van der Waals surface area contributed by atoms with E-state index in [4.69, 9.17) is 14.2 Å². The summed E-state index contributed by atoms with van der Waals surface area (Å²) in [5.74, 6) is 1.70. The molecular weight excluding hydrogens is 308 g/mol. The Morgan fingerprint density at radius 2 is 2.08 bits per heavy atom. The number of hydrogen-bond acceptors (Lipinski definition) is 5. The molecule has 1 aromatic carbocycles. The molecule has 0 radical (unpaired) electrons.